The molecule has 0 unspecified atom stereocenters. The van der Waals surface area contributed by atoms with Crippen molar-refractivity contribution in [3.05, 3.63) is 22.2 Å². The standard InChI is InChI=1S/C13H20BrNO2/c1-13(2,3)12(15)8-6-11(17-5)9(14)7-10(8)16-4/h6-7,12H,15H2,1-5H3/t12-/m0/s1. The lowest BCUT2D eigenvalue weighted by Gasteiger charge is -2.29. The summed E-state index contributed by atoms with van der Waals surface area (Å²) in [6.45, 7) is 6.31. The molecule has 0 heterocycles. The van der Waals surface area contributed by atoms with Crippen molar-refractivity contribution >= 4 is 15.9 Å². The van der Waals surface area contributed by atoms with Crippen molar-refractivity contribution in [3.63, 3.8) is 0 Å². The van der Waals surface area contributed by atoms with E-state index in [4.69, 9.17) is 15.2 Å². The molecule has 0 saturated heterocycles. The minimum atomic E-state index is -0.112. The molecule has 1 rings (SSSR count). The molecular weight excluding hydrogens is 282 g/mol. The second kappa shape index (κ2) is 5.27. The van der Waals surface area contributed by atoms with Crippen molar-refractivity contribution in [2.75, 3.05) is 14.2 Å². The van der Waals surface area contributed by atoms with E-state index in [0.29, 0.717) is 0 Å². The highest BCUT2D eigenvalue weighted by molar-refractivity contribution is 9.10. The van der Waals surface area contributed by atoms with Crippen LogP contribution in [0.4, 0.5) is 0 Å². The molecule has 0 spiro atoms. The maximum atomic E-state index is 6.27. The first-order valence-corrected chi connectivity index (χ1v) is 6.27. The Morgan fingerprint density at radius 3 is 2.06 bits per heavy atom. The maximum Gasteiger partial charge on any atom is 0.133 e. The highest BCUT2D eigenvalue weighted by atomic mass is 79.9. The zero-order chi connectivity index (χ0) is 13.2. The summed E-state index contributed by atoms with van der Waals surface area (Å²) in [7, 11) is 3.28. The van der Waals surface area contributed by atoms with Gasteiger partial charge < -0.3 is 15.2 Å². The predicted octanol–water partition coefficient (Wildman–Crippen LogP) is 3.51. The van der Waals surface area contributed by atoms with E-state index in [-0.39, 0.29) is 11.5 Å². The molecule has 0 amide bonds. The molecule has 1 atom stereocenters. The van der Waals surface area contributed by atoms with Crippen molar-refractivity contribution in [1.29, 1.82) is 0 Å². The minimum absolute atomic E-state index is 0.0356. The Hall–Kier alpha value is -0.740. The minimum Gasteiger partial charge on any atom is -0.496 e. The van der Waals surface area contributed by atoms with Crippen molar-refractivity contribution < 1.29 is 9.47 Å². The van der Waals surface area contributed by atoms with Crippen LogP contribution < -0.4 is 15.2 Å². The summed E-state index contributed by atoms with van der Waals surface area (Å²) in [6, 6.07) is 3.71. The van der Waals surface area contributed by atoms with Gasteiger partial charge in [-0.1, -0.05) is 20.8 Å². The van der Waals surface area contributed by atoms with Gasteiger partial charge in [-0.25, -0.2) is 0 Å². The highest BCUT2D eigenvalue weighted by Crippen LogP contribution is 2.40. The zero-order valence-corrected chi connectivity index (χ0v) is 12.6. The van der Waals surface area contributed by atoms with Crippen LogP contribution in [0.25, 0.3) is 0 Å². The molecule has 0 fully saturated rings. The van der Waals surface area contributed by atoms with Crippen LogP contribution in [0, 0.1) is 5.41 Å². The number of ether oxygens (including phenoxy) is 2. The third-order valence-electron chi connectivity index (χ3n) is 2.77. The Balaban J connectivity index is 3.30. The molecule has 3 nitrogen and oxygen atoms in total. The average Bonchev–Trinajstić information content (AvgIpc) is 2.26. The van der Waals surface area contributed by atoms with Gasteiger partial charge in [0.2, 0.25) is 0 Å². The van der Waals surface area contributed by atoms with Crippen LogP contribution in [-0.4, -0.2) is 14.2 Å². The van der Waals surface area contributed by atoms with Crippen LogP contribution in [0.1, 0.15) is 32.4 Å². The third-order valence-corrected chi connectivity index (χ3v) is 3.39. The summed E-state index contributed by atoms with van der Waals surface area (Å²) >= 11 is 3.44. The molecule has 1 aromatic carbocycles. The largest absolute Gasteiger partial charge is 0.496 e. The van der Waals surface area contributed by atoms with E-state index in [0.717, 1.165) is 21.5 Å². The van der Waals surface area contributed by atoms with E-state index in [2.05, 4.69) is 36.7 Å². The second-order valence-electron chi connectivity index (χ2n) is 5.07. The third kappa shape index (κ3) is 3.13. The van der Waals surface area contributed by atoms with Crippen molar-refractivity contribution in [2.24, 2.45) is 11.1 Å². The van der Waals surface area contributed by atoms with Gasteiger partial charge in [0.05, 0.1) is 18.7 Å². The number of methoxy groups -OCH3 is 2. The molecule has 2 N–H and O–H groups in total. The van der Waals surface area contributed by atoms with E-state index >= 15 is 0 Å². The van der Waals surface area contributed by atoms with Crippen LogP contribution in [-0.2, 0) is 0 Å². The molecule has 0 aliphatic heterocycles. The molecule has 0 radical (unpaired) electrons. The number of halogens is 1. The van der Waals surface area contributed by atoms with Crippen LogP contribution in [0.3, 0.4) is 0 Å². The summed E-state index contributed by atoms with van der Waals surface area (Å²) in [5.74, 6) is 1.54. The van der Waals surface area contributed by atoms with E-state index in [1.54, 1.807) is 14.2 Å². The van der Waals surface area contributed by atoms with Crippen LogP contribution in [0.5, 0.6) is 11.5 Å². The van der Waals surface area contributed by atoms with E-state index in [1.807, 2.05) is 12.1 Å². The van der Waals surface area contributed by atoms with Crippen LogP contribution >= 0.6 is 15.9 Å². The fourth-order valence-electron chi connectivity index (χ4n) is 1.59. The van der Waals surface area contributed by atoms with Crippen molar-refractivity contribution in [3.8, 4) is 11.5 Å². The number of benzene rings is 1. The molecule has 0 aliphatic carbocycles. The van der Waals surface area contributed by atoms with Crippen LogP contribution in [0.15, 0.2) is 16.6 Å². The zero-order valence-electron chi connectivity index (χ0n) is 11.0. The average molecular weight is 302 g/mol. The fourth-order valence-corrected chi connectivity index (χ4v) is 2.08. The molecule has 0 saturated carbocycles. The lowest BCUT2D eigenvalue weighted by molar-refractivity contribution is 0.312. The SMILES string of the molecule is COc1cc([C@H](N)C(C)(C)C)c(OC)cc1Br. The summed E-state index contributed by atoms with van der Waals surface area (Å²) in [5.41, 5.74) is 7.19. The molecule has 0 aliphatic rings. The van der Waals surface area contributed by atoms with Gasteiger partial charge in [-0.3, -0.25) is 0 Å². The number of rotatable bonds is 3. The Morgan fingerprint density at radius 1 is 1.12 bits per heavy atom. The Labute approximate surface area is 111 Å². The van der Waals surface area contributed by atoms with Crippen molar-refractivity contribution in [1.82, 2.24) is 0 Å². The lowest BCUT2D eigenvalue weighted by Crippen LogP contribution is -2.26. The number of nitrogens with two attached hydrogens (primary N) is 1. The monoisotopic (exact) mass is 301 g/mol. The Kier molecular flexibility index (Phi) is 4.44. The fraction of sp³-hybridized carbons (Fsp3) is 0.538. The maximum absolute atomic E-state index is 6.27. The lowest BCUT2D eigenvalue weighted by atomic mass is 9.82. The Morgan fingerprint density at radius 2 is 1.65 bits per heavy atom. The molecule has 17 heavy (non-hydrogen) atoms. The van der Waals surface area contributed by atoms with E-state index < -0.39 is 0 Å². The summed E-state index contributed by atoms with van der Waals surface area (Å²) in [4.78, 5) is 0. The van der Waals surface area contributed by atoms with Gasteiger partial charge in [-0.15, -0.1) is 0 Å². The number of hydrogen-bond acceptors (Lipinski definition) is 3. The molecule has 0 aromatic heterocycles. The number of hydrogen-bond donors (Lipinski definition) is 1. The first kappa shape index (κ1) is 14.3. The quantitative estimate of drug-likeness (QED) is 0.929. The summed E-state index contributed by atoms with van der Waals surface area (Å²) in [5, 5.41) is 0. The van der Waals surface area contributed by atoms with Gasteiger partial charge in [0.1, 0.15) is 11.5 Å². The van der Waals surface area contributed by atoms with Crippen molar-refractivity contribution in [2.45, 2.75) is 26.8 Å². The topological polar surface area (TPSA) is 44.5 Å². The second-order valence-corrected chi connectivity index (χ2v) is 5.93. The van der Waals surface area contributed by atoms with Gasteiger partial charge in [0, 0.05) is 11.6 Å². The predicted molar refractivity (Wildman–Crippen MR) is 73.6 cm³/mol. The highest BCUT2D eigenvalue weighted by Gasteiger charge is 2.26. The first-order valence-electron chi connectivity index (χ1n) is 5.48. The van der Waals surface area contributed by atoms with Gasteiger partial charge in [-0.05, 0) is 33.5 Å². The smallest absolute Gasteiger partial charge is 0.133 e. The molecule has 0 bridgehead atoms. The van der Waals surface area contributed by atoms with Crippen LogP contribution in [0.2, 0.25) is 0 Å². The molecule has 1 aromatic rings. The van der Waals surface area contributed by atoms with Gasteiger partial charge in [0.15, 0.2) is 0 Å². The molecular formula is C13H20BrNO2. The van der Waals surface area contributed by atoms with Gasteiger partial charge in [-0.2, -0.15) is 0 Å². The normalized spacial score (nSPS) is 13.4. The van der Waals surface area contributed by atoms with Gasteiger partial charge in [0.25, 0.3) is 0 Å². The summed E-state index contributed by atoms with van der Waals surface area (Å²) in [6.07, 6.45) is 0. The summed E-state index contributed by atoms with van der Waals surface area (Å²) < 4.78 is 11.5. The molecule has 96 valence electrons. The van der Waals surface area contributed by atoms with E-state index in [1.165, 1.54) is 0 Å². The first-order chi connectivity index (χ1) is 7.81. The Bertz CT molecular complexity index is 399. The van der Waals surface area contributed by atoms with Gasteiger partial charge >= 0.3 is 0 Å². The molecule has 4 heteroatoms. The van der Waals surface area contributed by atoms with E-state index in [9.17, 15) is 0 Å².